The van der Waals surface area contributed by atoms with Crippen molar-refractivity contribution >= 4 is 15.5 Å². The SMILES string of the molecule is CC(C)CN(CCN)c1ccccc1S(C)(=O)=O. The van der Waals surface area contributed by atoms with E-state index in [9.17, 15) is 8.42 Å². The Hall–Kier alpha value is -1.07. The predicted molar refractivity (Wildman–Crippen MR) is 75.7 cm³/mol. The zero-order valence-electron chi connectivity index (χ0n) is 11.3. The first-order valence-corrected chi connectivity index (χ1v) is 7.99. The van der Waals surface area contributed by atoms with Gasteiger partial charge >= 0.3 is 0 Å². The van der Waals surface area contributed by atoms with Gasteiger partial charge in [0.05, 0.1) is 10.6 Å². The van der Waals surface area contributed by atoms with Gasteiger partial charge in [-0.1, -0.05) is 26.0 Å². The summed E-state index contributed by atoms with van der Waals surface area (Å²) in [4.78, 5) is 2.42. The second-order valence-corrected chi connectivity index (χ2v) is 6.85. The normalized spacial score (nSPS) is 11.8. The summed E-state index contributed by atoms with van der Waals surface area (Å²) in [5.74, 6) is 0.448. The molecule has 4 nitrogen and oxygen atoms in total. The highest BCUT2D eigenvalue weighted by Gasteiger charge is 2.17. The first kappa shape index (κ1) is 15.0. The molecule has 0 heterocycles. The van der Waals surface area contributed by atoms with E-state index in [1.54, 1.807) is 12.1 Å². The summed E-state index contributed by atoms with van der Waals surface area (Å²) in [5, 5.41) is 0. The molecule has 0 atom stereocenters. The molecule has 0 saturated carbocycles. The van der Waals surface area contributed by atoms with Crippen LogP contribution < -0.4 is 10.6 Å². The van der Waals surface area contributed by atoms with Gasteiger partial charge in [0, 0.05) is 25.9 Å². The van der Waals surface area contributed by atoms with Gasteiger partial charge in [0.1, 0.15) is 0 Å². The molecular formula is C13H22N2O2S. The minimum Gasteiger partial charge on any atom is -0.369 e. The van der Waals surface area contributed by atoms with Crippen LogP contribution in [0.3, 0.4) is 0 Å². The summed E-state index contributed by atoms with van der Waals surface area (Å²) in [6.45, 7) is 6.17. The van der Waals surface area contributed by atoms with Crippen LogP contribution in [0, 0.1) is 5.92 Å². The highest BCUT2D eigenvalue weighted by Crippen LogP contribution is 2.25. The number of para-hydroxylation sites is 1. The van der Waals surface area contributed by atoms with Crippen molar-refractivity contribution in [2.45, 2.75) is 18.7 Å². The fourth-order valence-corrected chi connectivity index (χ4v) is 2.84. The number of nitrogens with zero attached hydrogens (tertiary/aromatic N) is 1. The molecule has 2 N–H and O–H groups in total. The van der Waals surface area contributed by atoms with E-state index in [-0.39, 0.29) is 0 Å². The Morgan fingerprint density at radius 2 is 1.89 bits per heavy atom. The van der Waals surface area contributed by atoms with Crippen molar-refractivity contribution in [2.24, 2.45) is 11.7 Å². The lowest BCUT2D eigenvalue weighted by Crippen LogP contribution is -2.33. The number of sulfone groups is 1. The number of benzene rings is 1. The van der Waals surface area contributed by atoms with Crippen LogP contribution in [0.1, 0.15) is 13.8 Å². The molecule has 0 bridgehead atoms. The van der Waals surface area contributed by atoms with E-state index in [0.29, 0.717) is 23.9 Å². The maximum Gasteiger partial charge on any atom is 0.177 e. The van der Waals surface area contributed by atoms with Crippen molar-refractivity contribution in [3.8, 4) is 0 Å². The summed E-state index contributed by atoms with van der Waals surface area (Å²) >= 11 is 0. The molecule has 102 valence electrons. The topological polar surface area (TPSA) is 63.4 Å². The second-order valence-electron chi connectivity index (χ2n) is 4.87. The van der Waals surface area contributed by atoms with Crippen molar-refractivity contribution < 1.29 is 8.42 Å². The van der Waals surface area contributed by atoms with Gasteiger partial charge in [0.15, 0.2) is 9.84 Å². The number of rotatable bonds is 6. The zero-order chi connectivity index (χ0) is 13.8. The molecule has 0 saturated heterocycles. The van der Waals surface area contributed by atoms with Crippen LogP contribution in [0.5, 0.6) is 0 Å². The van der Waals surface area contributed by atoms with Gasteiger partial charge in [-0.15, -0.1) is 0 Å². The van der Waals surface area contributed by atoms with E-state index in [4.69, 9.17) is 5.73 Å². The molecule has 0 fully saturated rings. The fraction of sp³-hybridized carbons (Fsp3) is 0.538. The molecule has 0 aliphatic rings. The molecule has 1 rings (SSSR count). The molecule has 1 aromatic carbocycles. The van der Waals surface area contributed by atoms with Crippen LogP contribution in [0.4, 0.5) is 5.69 Å². The standard InChI is InChI=1S/C13H22N2O2S/c1-11(2)10-15(9-8-14)12-6-4-5-7-13(12)18(3,16)17/h4-7,11H,8-10,14H2,1-3H3. The highest BCUT2D eigenvalue weighted by molar-refractivity contribution is 7.90. The third kappa shape index (κ3) is 3.99. The van der Waals surface area contributed by atoms with Crippen LogP contribution in [-0.4, -0.2) is 34.3 Å². The quantitative estimate of drug-likeness (QED) is 0.851. The van der Waals surface area contributed by atoms with Gasteiger partial charge in [0.2, 0.25) is 0 Å². The van der Waals surface area contributed by atoms with Crippen molar-refractivity contribution in [1.29, 1.82) is 0 Å². The van der Waals surface area contributed by atoms with Crippen molar-refractivity contribution in [3.05, 3.63) is 24.3 Å². The van der Waals surface area contributed by atoms with Gasteiger partial charge in [-0.3, -0.25) is 0 Å². The Morgan fingerprint density at radius 3 is 2.39 bits per heavy atom. The lowest BCUT2D eigenvalue weighted by molar-refractivity contribution is 0.594. The number of hydrogen-bond acceptors (Lipinski definition) is 4. The van der Waals surface area contributed by atoms with E-state index in [0.717, 1.165) is 12.2 Å². The highest BCUT2D eigenvalue weighted by atomic mass is 32.2. The average Bonchev–Trinajstić information content (AvgIpc) is 2.27. The predicted octanol–water partition coefficient (Wildman–Crippen LogP) is 1.51. The molecule has 0 amide bonds. The molecule has 18 heavy (non-hydrogen) atoms. The summed E-state index contributed by atoms with van der Waals surface area (Å²) in [7, 11) is -3.22. The van der Waals surface area contributed by atoms with Gasteiger partial charge in [0.25, 0.3) is 0 Å². The molecule has 0 spiro atoms. The molecule has 0 aliphatic heterocycles. The second kappa shape index (κ2) is 6.20. The lowest BCUT2D eigenvalue weighted by atomic mass is 10.2. The molecule has 1 aromatic rings. The maximum atomic E-state index is 11.8. The Balaban J connectivity index is 3.19. The third-order valence-electron chi connectivity index (χ3n) is 2.59. The van der Waals surface area contributed by atoms with E-state index in [2.05, 4.69) is 13.8 Å². The first-order valence-electron chi connectivity index (χ1n) is 6.10. The van der Waals surface area contributed by atoms with E-state index < -0.39 is 9.84 Å². The van der Waals surface area contributed by atoms with E-state index >= 15 is 0 Å². The Labute approximate surface area is 110 Å². The smallest absolute Gasteiger partial charge is 0.177 e. The van der Waals surface area contributed by atoms with Crippen LogP contribution >= 0.6 is 0 Å². The summed E-state index contributed by atoms with van der Waals surface area (Å²) in [6, 6.07) is 7.09. The van der Waals surface area contributed by atoms with Gasteiger partial charge in [-0.05, 0) is 18.1 Å². The lowest BCUT2D eigenvalue weighted by Gasteiger charge is -2.27. The minimum atomic E-state index is -3.22. The van der Waals surface area contributed by atoms with Crippen LogP contribution in [0.2, 0.25) is 0 Å². The van der Waals surface area contributed by atoms with Crippen molar-refractivity contribution in [1.82, 2.24) is 0 Å². The maximum absolute atomic E-state index is 11.8. The summed E-state index contributed by atoms with van der Waals surface area (Å²) in [6.07, 6.45) is 1.24. The molecule has 0 aromatic heterocycles. The van der Waals surface area contributed by atoms with Crippen molar-refractivity contribution in [3.63, 3.8) is 0 Å². The largest absolute Gasteiger partial charge is 0.369 e. The van der Waals surface area contributed by atoms with Crippen LogP contribution in [0.25, 0.3) is 0 Å². The molecule has 5 heteroatoms. The Kier molecular flexibility index (Phi) is 5.16. The molecule has 0 aliphatic carbocycles. The fourth-order valence-electron chi connectivity index (χ4n) is 1.94. The minimum absolute atomic E-state index is 0.374. The molecule has 0 radical (unpaired) electrons. The number of hydrogen-bond donors (Lipinski definition) is 1. The monoisotopic (exact) mass is 270 g/mol. The van der Waals surface area contributed by atoms with Gasteiger partial charge in [-0.25, -0.2) is 8.42 Å². The van der Waals surface area contributed by atoms with Gasteiger partial charge < -0.3 is 10.6 Å². The van der Waals surface area contributed by atoms with E-state index in [1.807, 2.05) is 17.0 Å². The van der Waals surface area contributed by atoms with Crippen molar-refractivity contribution in [2.75, 3.05) is 30.8 Å². The average molecular weight is 270 g/mol. The van der Waals surface area contributed by atoms with E-state index in [1.165, 1.54) is 6.26 Å². The first-order chi connectivity index (χ1) is 8.36. The molecular weight excluding hydrogens is 248 g/mol. The molecule has 0 unspecified atom stereocenters. The summed E-state index contributed by atoms with van der Waals surface area (Å²) in [5.41, 5.74) is 6.36. The van der Waals surface area contributed by atoms with Crippen LogP contribution in [-0.2, 0) is 9.84 Å². The summed E-state index contributed by atoms with van der Waals surface area (Å²) < 4.78 is 23.6. The Morgan fingerprint density at radius 1 is 1.28 bits per heavy atom. The Bertz CT molecular complexity index is 484. The van der Waals surface area contributed by atoms with Crippen LogP contribution in [0.15, 0.2) is 29.2 Å². The van der Waals surface area contributed by atoms with Gasteiger partial charge in [-0.2, -0.15) is 0 Å². The number of anilines is 1. The third-order valence-corrected chi connectivity index (χ3v) is 3.73. The number of nitrogens with two attached hydrogens (primary N) is 1. The zero-order valence-corrected chi connectivity index (χ0v) is 12.1.